The highest BCUT2D eigenvalue weighted by molar-refractivity contribution is 7.14. The molecule has 2 aromatic rings. The molecule has 126 valence electrons. The molecule has 2 amide bonds. The van der Waals surface area contributed by atoms with Gasteiger partial charge in [-0.1, -0.05) is 36.8 Å². The Morgan fingerprint density at radius 3 is 2.83 bits per heavy atom. The van der Waals surface area contributed by atoms with Crippen LogP contribution in [-0.2, 0) is 22.6 Å². The highest BCUT2D eigenvalue weighted by Gasteiger charge is 2.36. The van der Waals surface area contributed by atoms with E-state index in [2.05, 4.69) is 10.3 Å². The first-order chi connectivity index (χ1) is 11.6. The maximum Gasteiger partial charge on any atom is 0.247 e. The van der Waals surface area contributed by atoms with Gasteiger partial charge in [0, 0.05) is 13.0 Å². The average Bonchev–Trinajstić information content (AvgIpc) is 3.16. The lowest BCUT2D eigenvalue weighted by Gasteiger charge is -2.24. The molecule has 1 aliphatic rings. The zero-order valence-corrected chi connectivity index (χ0v) is 14.7. The molecule has 3 rings (SSSR count). The van der Waals surface area contributed by atoms with E-state index >= 15 is 0 Å². The van der Waals surface area contributed by atoms with Gasteiger partial charge in [-0.3, -0.25) is 9.59 Å². The quantitative estimate of drug-likeness (QED) is 0.907. The molecule has 0 aliphatic carbocycles. The van der Waals surface area contributed by atoms with E-state index in [1.165, 1.54) is 16.9 Å². The molecule has 1 saturated heterocycles. The third-order valence-electron chi connectivity index (χ3n) is 4.32. The van der Waals surface area contributed by atoms with Gasteiger partial charge in [0.15, 0.2) is 0 Å². The van der Waals surface area contributed by atoms with Crippen molar-refractivity contribution in [2.45, 2.75) is 45.7 Å². The predicted octanol–water partition coefficient (Wildman–Crippen LogP) is 3.14. The molecule has 1 aliphatic heterocycles. The van der Waals surface area contributed by atoms with Gasteiger partial charge in [-0.05, 0) is 25.3 Å². The number of anilines is 1. The maximum absolute atomic E-state index is 12.7. The summed E-state index contributed by atoms with van der Waals surface area (Å²) in [6.45, 7) is 4.51. The second kappa shape index (κ2) is 7.13. The van der Waals surface area contributed by atoms with Gasteiger partial charge in [-0.15, -0.1) is 11.3 Å². The molecule has 1 aromatic carbocycles. The van der Waals surface area contributed by atoms with Gasteiger partial charge >= 0.3 is 0 Å². The largest absolute Gasteiger partial charge is 0.326 e. The molecular formula is C18H21N3O2S. The highest BCUT2D eigenvalue weighted by atomic mass is 32.1. The monoisotopic (exact) mass is 343 g/mol. The third kappa shape index (κ3) is 3.48. The van der Waals surface area contributed by atoms with E-state index in [0.29, 0.717) is 19.4 Å². The summed E-state index contributed by atoms with van der Waals surface area (Å²) in [5.74, 6) is -0.0809. The van der Waals surface area contributed by atoms with Crippen molar-refractivity contribution in [3.05, 3.63) is 46.6 Å². The molecule has 0 bridgehead atoms. The number of likely N-dealkylation sites (tertiary alicyclic amines) is 1. The Morgan fingerprint density at radius 2 is 2.12 bits per heavy atom. The molecule has 2 heterocycles. The SMILES string of the molecule is CCc1ncsc1NC(=O)C1CCC(=O)N1Cc1ccc(C)cc1. The number of carbonyl (C=O) groups is 2. The summed E-state index contributed by atoms with van der Waals surface area (Å²) in [7, 11) is 0. The number of aromatic nitrogens is 1. The molecular weight excluding hydrogens is 322 g/mol. The lowest BCUT2D eigenvalue weighted by atomic mass is 10.1. The fourth-order valence-corrected chi connectivity index (χ4v) is 3.69. The Bertz CT molecular complexity index is 739. The van der Waals surface area contributed by atoms with Gasteiger partial charge in [0.2, 0.25) is 11.8 Å². The van der Waals surface area contributed by atoms with Crippen LogP contribution in [0.4, 0.5) is 5.00 Å². The number of carbonyl (C=O) groups excluding carboxylic acids is 2. The Labute approximate surface area is 145 Å². The number of amides is 2. The van der Waals surface area contributed by atoms with Crippen molar-refractivity contribution in [1.82, 2.24) is 9.88 Å². The molecule has 0 saturated carbocycles. The molecule has 1 unspecified atom stereocenters. The zero-order valence-electron chi connectivity index (χ0n) is 13.9. The van der Waals surface area contributed by atoms with Crippen LogP contribution in [0, 0.1) is 6.92 Å². The van der Waals surface area contributed by atoms with Crippen molar-refractivity contribution in [3.63, 3.8) is 0 Å². The van der Waals surface area contributed by atoms with Crippen LogP contribution >= 0.6 is 11.3 Å². The minimum absolute atomic E-state index is 0.0377. The molecule has 0 spiro atoms. The summed E-state index contributed by atoms with van der Waals surface area (Å²) in [5, 5.41) is 3.74. The van der Waals surface area contributed by atoms with Crippen molar-refractivity contribution in [2.24, 2.45) is 0 Å². The summed E-state index contributed by atoms with van der Waals surface area (Å²) < 4.78 is 0. The fourth-order valence-electron chi connectivity index (χ4n) is 2.91. The van der Waals surface area contributed by atoms with Crippen LogP contribution in [0.3, 0.4) is 0 Å². The first-order valence-corrected chi connectivity index (χ1v) is 9.04. The number of rotatable bonds is 5. The van der Waals surface area contributed by atoms with Gasteiger partial charge in [0.25, 0.3) is 0 Å². The predicted molar refractivity (Wildman–Crippen MR) is 94.9 cm³/mol. The van der Waals surface area contributed by atoms with Crippen LogP contribution in [-0.4, -0.2) is 27.7 Å². The standard InChI is InChI=1S/C18H21N3O2S/c1-3-14-18(24-11-19-14)20-17(23)15-8-9-16(22)21(15)10-13-6-4-12(2)5-7-13/h4-7,11,15H,3,8-10H2,1-2H3,(H,20,23). The number of aryl methyl sites for hydroxylation is 2. The summed E-state index contributed by atoms with van der Waals surface area (Å²) in [6.07, 6.45) is 1.76. The van der Waals surface area contributed by atoms with E-state index in [-0.39, 0.29) is 11.8 Å². The van der Waals surface area contributed by atoms with Gasteiger partial charge in [-0.25, -0.2) is 4.98 Å². The Kier molecular flexibility index (Phi) is 4.94. The number of nitrogens with one attached hydrogen (secondary N) is 1. The molecule has 1 aromatic heterocycles. The minimum Gasteiger partial charge on any atom is -0.326 e. The van der Waals surface area contributed by atoms with Gasteiger partial charge in [-0.2, -0.15) is 0 Å². The molecule has 24 heavy (non-hydrogen) atoms. The minimum atomic E-state index is -0.411. The second-order valence-corrected chi connectivity index (χ2v) is 6.89. The van der Waals surface area contributed by atoms with E-state index < -0.39 is 6.04 Å². The maximum atomic E-state index is 12.7. The molecule has 0 radical (unpaired) electrons. The first kappa shape index (κ1) is 16.6. The number of hydrogen-bond donors (Lipinski definition) is 1. The number of nitrogens with zero attached hydrogens (tertiary/aromatic N) is 2. The van der Waals surface area contributed by atoms with Crippen molar-refractivity contribution in [3.8, 4) is 0 Å². The normalized spacial score (nSPS) is 17.3. The Balaban J connectivity index is 1.72. The molecule has 6 heteroatoms. The van der Waals surface area contributed by atoms with E-state index in [4.69, 9.17) is 0 Å². The van der Waals surface area contributed by atoms with Gasteiger partial charge < -0.3 is 10.2 Å². The Hall–Kier alpha value is -2.21. The lowest BCUT2D eigenvalue weighted by Crippen LogP contribution is -2.41. The van der Waals surface area contributed by atoms with Crippen molar-refractivity contribution >= 4 is 28.2 Å². The highest BCUT2D eigenvalue weighted by Crippen LogP contribution is 2.25. The van der Waals surface area contributed by atoms with Crippen LogP contribution in [0.25, 0.3) is 0 Å². The number of hydrogen-bond acceptors (Lipinski definition) is 4. The fraction of sp³-hybridized carbons (Fsp3) is 0.389. The number of thiazole rings is 1. The Morgan fingerprint density at radius 1 is 1.38 bits per heavy atom. The summed E-state index contributed by atoms with van der Waals surface area (Å²) in [4.78, 5) is 30.8. The van der Waals surface area contributed by atoms with Gasteiger partial charge in [0.1, 0.15) is 11.0 Å². The van der Waals surface area contributed by atoms with Crippen LogP contribution in [0.1, 0.15) is 36.6 Å². The van der Waals surface area contributed by atoms with Crippen molar-refractivity contribution in [2.75, 3.05) is 5.32 Å². The summed E-state index contributed by atoms with van der Waals surface area (Å²) in [6, 6.07) is 7.65. The van der Waals surface area contributed by atoms with Crippen LogP contribution in [0.2, 0.25) is 0 Å². The summed E-state index contributed by atoms with van der Waals surface area (Å²) in [5.41, 5.74) is 4.85. The third-order valence-corrected chi connectivity index (χ3v) is 5.10. The summed E-state index contributed by atoms with van der Waals surface area (Å²) >= 11 is 1.42. The number of benzene rings is 1. The van der Waals surface area contributed by atoms with E-state index in [1.54, 1.807) is 10.4 Å². The van der Waals surface area contributed by atoms with Crippen molar-refractivity contribution in [1.29, 1.82) is 0 Å². The molecule has 1 N–H and O–H groups in total. The molecule has 1 fully saturated rings. The van der Waals surface area contributed by atoms with Crippen LogP contribution in [0.5, 0.6) is 0 Å². The van der Waals surface area contributed by atoms with Crippen LogP contribution in [0.15, 0.2) is 29.8 Å². The van der Waals surface area contributed by atoms with Crippen molar-refractivity contribution < 1.29 is 9.59 Å². The zero-order chi connectivity index (χ0) is 17.1. The van der Waals surface area contributed by atoms with E-state index in [1.807, 2.05) is 38.1 Å². The average molecular weight is 343 g/mol. The van der Waals surface area contributed by atoms with E-state index in [0.717, 1.165) is 22.7 Å². The topological polar surface area (TPSA) is 62.3 Å². The molecule has 1 atom stereocenters. The van der Waals surface area contributed by atoms with E-state index in [9.17, 15) is 9.59 Å². The second-order valence-electron chi connectivity index (χ2n) is 6.03. The van der Waals surface area contributed by atoms with Crippen LogP contribution < -0.4 is 5.32 Å². The smallest absolute Gasteiger partial charge is 0.247 e. The molecule has 5 nitrogen and oxygen atoms in total. The lowest BCUT2D eigenvalue weighted by molar-refractivity contribution is -0.133. The first-order valence-electron chi connectivity index (χ1n) is 8.16. The van der Waals surface area contributed by atoms with Gasteiger partial charge in [0.05, 0.1) is 11.2 Å².